The molecule has 16 heavy (non-hydrogen) atoms. The molecule has 0 saturated carbocycles. The Kier molecular flexibility index (Phi) is 7.36. The standard InChI is InChI=1S/C13H27N3/c1-5-7-9-16(12(3)6-2)10-8-13(4,15)11-14/h12H,5-10,15H2,1-4H3. The first kappa shape index (κ1) is 15.4. The molecule has 2 N–H and O–H groups in total. The van der Waals surface area contributed by atoms with Crippen molar-refractivity contribution in [1.82, 2.24) is 4.90 Å². The third kappa shape index (κ3) is 6.09. The lowest BCUT2D eigenvalue weighted by Crippen LogP contribution is -2.42. The zero-order chi connectivity index (χ0) is 12.6. The van der Waals surface area contributed by atoms with E-state index in [1.165, 1.54) is 12.8 Å². The van der Waals surface area contributed by atoms with Crippen LogP contribution < -0.4 is 5.73 Å². The summed E-state index contributed by atoms with van der Waals surface area (Å²) in [5.41, 5.74) is 5.16. The van der Waals surface area contributed by atoms with Crippen LogP contribution in [0.3, 0.4) is 0 Å². The van der Waals surface area contributed by atoms with Crippen molar-refractivity contribution in [3.8, 4) is 6.07 Å². The molecule has 2 atom stereocenters. The van der Waals surface area contributed by atoms with Crippen molar-refractivity contribution < 1.29 is 0 Å². The monoisotopic (exact) mass is 225 g/mol. The van der Waals surface area contributed by atoms with Gasteiger partial charge in [-0.15, -0.1) is 0 Å². The van der Waals surface area contributed by atoms with E-state index in [9.17, 15) is 0 Å². The van der Waals surface area contributed by atoms with E-state index in [1.54, 1.807) is 0 Å². The summed E-state index contributed by atoms with van der Waals surface area (Å²) in [6, 6.07) is 2.75. The lowest BCUT2D eigenvalue weighted by atomic mass is 10.0. The van der Waals surface area contributed by atoms with Crippen LogP contribution in [0.15, 0.2) is 0 Å². The Balaban J connectivity index is 4.17. The largest absolute Gasteiger partial charge is 0.314 e. The summed E-state index contributed by atoms with van der Waals surface area (Å²) in [6.45, 7) is 10.5. The predicted octanol–water partition coefficient (Wildman–Crippen LogP) is 2.52. The first-order valence-corrected chi connectivity index (χ1v) is 6.41. The fraction of sp³-hybridized carbons (Fsp3) is 0.923. The number of nitrogens with two attached hydrogens (primary N) is 1. The second-order valence-corrected chi connectivity index (χ2v) is 4.93. The Labute approximate surface area is 101 Å². The molecule has 0 rings (SSSR count). The van der Waals surface area contributed by atoms with E-state index in [1.807, 2.05) is 6.92 Å². The van der Waals surface area contributed by atoms with Gasteiger partial charge in [-0.25, -0.2) is 0 Å². The van der Waals surface area contributed by atoms with Gasteiger partial charge < -0.3 is 10.6 Å². The molecule has 0 aliphatic rings. The fourth-order valence-corrected chi connectivity index (χ4v) is 1.60. The van der Waals surface area contributed by atoms with Crippen molar-refractivity contribution in [1.29, 1.82) is 5.26 Å². The van der Waals surface area contributed by atoms with Crippen LogP contribution in [-0.4, -0.2) is 29.6 Å². The normalized spacial score (nSPS) is 16.8. The predicted molar refractivity (Wildman–Crippen MR) is 69.1 cm³/mol. The highest BCUT2D eigenvalue weighted by atomic mass is 15.1. The lowest BCUT2D eigenvalue weighted by Gasteiger charge is -2.30. The second-order valence-electron chi connectivity index (χ2n) is 4.93. The average molecular weight is 225 g/mol. The van der Waals surface area contributed by atoms with Gasteiger partial charge in [0.05, 0.1) is 6.07 Å². The Hall–Kier alpha value is -0.590. The van der Waals surface area contributed by atoms with E-state index in [0.29, 0.717) is 6.04 Å². The minimum absolute atomic E-state index is 0.584. The Bertz CT molecular complexity index is 218. The minimum atomic E-state index is -0.683. The Morgan fingerprint density at radius 3 is 2.44 bits per heavy atom. The van der Waals surface area contributed by atoms with Gasteiger partial charge in [0.2, 0.25) is 0 Å². The van der Waals surface area contributed by atoms with Crippen molar-refractivity contribution in [3.63, 3.8) is 0 Å². The summed E-state index contributed by atoms with van der Waals surface area (Å²) in [5, 5.41) is 8.89. The van der Waals surface area contributed by atoms with Gasteiger partial charge >= 0.3 is 0 Å². The van der Waals surface area contributed by atoms with Gasteiger partial charge in [-0.1, -0.05) is 20.3 Å². The maximum absolute atomic E-state index is 8.89. The van der Waals surface area contributed by atoms with Crippen molar-refractivity contribution >= 4 is 0 Å². The molecule has 0 bridgehead atoms. The minimum Gasteiger partial charge on any atom is -0.314 e. The number of hydrogen-bond acceptors (Lipinski definition) is 3. The van der Waals surface area contributed by atoms with E-state index < -0.39 is 5.54 Å². The van der Waals surface area contributed by atoms with Gasteiger partial charge in [0.15, 0.2) is 0 Å². The molecule has 3 nitrogen and oxygen atoms in total. The summed E-state index contributed by atoms with van der Waals surface area (Å²) < 4.78 is 0. The maximum atomic E-state index is 8.89. The molecule has 2 unspecified atom stereocenters. The third-order valence-corrected chi connectivity index (χ3v) is 3.19. The topological polar surface area (TPSA) is 53.0 Å². The summed E-state index contributed by atoms with van der Waals surface area (Å²) >= 11 is 0. The van der Waals surface area contributed by atoms with Gasteiger partial charge in [-0.3, -0.25) is 0 Å². The van der Waals surface area contributed by atoms with Crippen LogP contribution in [0.1, 0.15) is 53.4 Å². The average Bonchev–Trinajstić information content (AvgIpc) is 2.28. The molecule has 0 aromatic rings. The van der Waals surface area contributed by atoms with Crippen LogP contribution in [0.5, 0.6) is 0 Å². The smallest absolute Gasteiger partial charge is 0.102 e. The van der Waals surface area contributed by atoms with Gasteiger partial charge in [-0.2, -0.15) is 5.26 Å². The molecular weight excluding hydrogens is 198 g/mol. The molecule has 0 spiro atoms. The van der Waals surface area contributed by atoms with Crippen LogP contribution in [0.4, 0.5) is 0 Å². The highest BCUT2D eigenvalue weighted by molar-refractivity contribution is 5.01. The zero-order valence-electron chi connectivity index (χ0n) is 11.3. The number of hydrogen-bond donors (Lipinski definition) is 1. The molecule has 0 radical (unpaired) electrons. The van der Waals surface area contributed by atoms with Gasteiger partial charge in [-0.05, 0) is 39.7 Å². The quantitative estimate of drug-likeness (QED) is 0.690. The molecular formula is C13H27N3. The molecule has 0 aromatic carbocycles. The highest BCUT2D eigenvalue weighted by Gasteiger charge is 2.20. The number of rotatable bonds is 8. The summed E-state index contributed by atoms with van der Waals surface area (Å²) in [6.07, 6.45) is 4.33. The van der Waals surface area contributed by atoms with Crippen molar-refractivity contribution in [2.75, 3.05) is 13.1 Å². The molecule has 0 heterocycles. The third-order valence-electron chi connectivity index (χ3n) is 3.19. The molecule has 0 aliphatic heterocycles. The molecule has 0 aliphatic carbocycles. The van der Waals surface area contributed by atoms with Gasteiger partial charge in [0.25, 0.3) is 0 Å². The van der Waals surface area contributed by atoms with Crippen LogP contribution in [0.2, 0.25) is 0 Å². The van der Waals surface area contributed by atoms with Gasteiger partial charge in [0, 0.05) is 12.6 Å². The van der Waals surface area contributed by atoms with Crippen molar-refractivity contribution in [2.24, 2.45) is 5.73 Å². The molecule has 0 fully saturated rings. The number of nitrogens with zero attached hydrogens (tertiary/aromatic N) is 2. The first-order chi connectivity index (χ1) is 7.46. The second kappa shape index (κ2) is 7.65. The molecule has 0 saturated heterocycles. The van der Waals surface area contributed by atoms with E-state index in [-0.39, 0.29) is 0 Å². The zero-order valence-corrected chi connectivity index (χ0v) is 11.3. The summed E-state index contributed by atoms with van der Waals surface area (Å²) in [7, 11) is 0. The van der Waals surface area contributed by atoms with Gasteiger partial charge in [0.1, 0.15) is 5.54 Å². The van der Waals surface area contributed by atoms with E-state index in [0.717, 1.165) is 25.9 Å². The summed E-state index contributed by atoms with van der Waals surface area (Å²) in [5.74, 6) is 0. The van der Waals surface area contributed by atoms with Crippen LogP contribution >= 0.6 is 0 Å². The van der Waals surface area contributed by atoms with Crippen LogP contribution in [0, 0.1) is 11.3 Å². The van der Waals surface area contributed by atoms with E-state index in [4.69, 9.17) is 11.0 Å². The Morgan fingerprint density at radius 2 is 2.00 bits per heavy atom. The van der Waals surface area contributed by atoms with E-state index >= 15 is 0 Å². The van der Waals surface area contributed by atoms with Crippen LogP contribution in [0.25, 0.3) is 0 Å². The highest BCUT2D eigenvalue weighted by Crippen LogP contribution is 2.11. The summed E-state index contributed by atoms with van der Waals surface area (Å²) in [4.78, 5) is 2.45. The fourth-order valence-electron chi connectivity index (χ4n) is 1.60. The lowest BCUT2D eigenvalue weighted by molar-refractivity contribution is 0.189. The SMILES string of the molecule is CCCCN(CCC(C)(N)C#N)C(C)CC. The maximum Gasteiger partial charge on any atom is 0.102 e. The number of unbranched alkanes of at least 4 members (excludes halogenated alkanes) is 1. The molecule has 3 heteroatoms. The molecule has 0 amide bonds. The number of nitriles is 1. The molecule has 94 valence electrons. The van der Waals surface area contributed by atoms with Crippen molar-refractivity contribution in [2.45, 2.75) is 65.0 Å². The first-order valence-electron chi connectivity index (χ1n) is 6.41. The van der Waals surface area contributed by atoms with E-state index in [2.05, 4.69) is 31.7 Å². The Morgan fingerprint density at radius 1 is 1.38 bits per heavy atom. The van der Waals surface area contributed by atoms with Crippen molar-refractivity contribution in [3.05, 3.63) is 0 Å². The molecule has 0 aromatic heterocycles. The van der Waals surface area contributed by atoms with Crippen LogP contribution in [-0.2, 0) is 0 Å².